The fourth-order valence-electron chi connectivity index (χ4n) is 2.15. The molecule has 0 bridgehead atoms. The average molecular weight is 288 g/mol. The quantitative estimate of drug-likeness (QED) is 0.621. The van der Waals surface area contributed by atoms with Gasteiger partial charge in [-0.05, 0) is 44.2 Å². The van der Waals surface area contributed by atoms with Gasteiger partial charge >= 0.3 is 0 Å². The molecule has 0 aliphatic rings. The Kier molecular flexibility index (Phi) is 5.11. The van der Waals surface area contributed by atoms with E-state index in [0.29, 0.717) is 6.04 Å². The number of nitrogens with one attached hydrogen (secondary N) is 1. The first-order valence-corrected chi connectivity index (χ1v) is 7.17. The van der Waals surface area contributed by atoms with E-state index in [0.717, 1.165) is 36.5 Å². The topological polar surface area (TPSA) is 68.3 Å². The summed E-state index contributed by atoms with van der Waals surface area (Å²) in [4.78, 5) is 10.2. The van der Waals surface area contributed by atoms with Crippen LogP contribution in [0.4, 0.5) is 5.69 Å². The lowest BCUT2D eigenvalue weighted by atomic mass is 10.1. The zero-order valence-corrected chi connectivity index (χ0v) is 12.3. The van der Waals surface area contributed by atoms with Gasteiger partial charge < -0.3 is 9.73 Å². The lowest BCUT2D eigenvalue weighted by Gasteiger charge is -2.10. The molecule has 0 spiro atoms. The van der Waals surface area contributed by atoms with Gasteiger partial charge in [0.05, 0.1) is 4.92 Å². The molecule has 5 heteroatoms. The number of benzene rings is 1. The van der Waals surface area contributed by atoms with Crippen LogP contribution in [0.25, 0.3) is 11.3 Å². The van der Waals surface area contributed by atoms with Crippen LogP contribution in [0, 0.1) is 10.1 Å². The van der Waals surface area contributed by atoms with E-state index in [4.69, 9.17) is 4.42 Å². The van der Waals surface area contributed by atoms with E-state index in [-0.39, 0.29) is 5.69 Å². The minimum atomic E-state index is -0.404. The summed E-state index contributed by atoms with van der Waals surface area (Å²) in [6.07, 6.45) is 1.93. The van der Waals surface area contributed by atoms with Crippen molar-refractivity contribution >= 4 is 5.69 Å². The van der Waals surface area contributed by atoms with Gasteiger partial charge in [0.2, 0.25) is 0 Å². The van der Waals surface area contributed by atoms with E-state index in [1.165, 1.54) is 12.1 Å². The van der Waals surface area contributed by atoms with Crippen molar-refractivity contribution in [3.05, 3.63) is 52.3 Å². The van der Waals surface area contributed by atoms with E-state index in [1.54, 1.807) is 12.1 Å². The Morgan fingerprint density at radius 2 is 1.95 bits per heavy atom. The molecule has 0 radical (unpaired) electrons. The maximum absolute atomic E-state index is 10.6. The molecule has 1 heterocycles. The lowest BCUT2D eigenvalue weighted by Crippen LogP contribution is -2.28. The molecule has 1 N–H and O–H groups in total. The fraction of sp³-hybridized carbons (Fsp3) is 0.375. The first kappa shape index (κ1) is 15.3. The third-order valence-corrected chi connectivity index (χ3v) is 3.27. The largest absolute Gasteiger partial charge is 0.461 e. The van der Waals surface area contributed by atoms with Gasteiger partial charge in [0.1, 0.15) is 11.5 Å². The van der Waals surface area contributed by atoms with Gasteiger partial charge in [0, 0.05) is 30.2 Å². The summed E-state index contributed by atoms with van der Waals surface area (Å²) in [6, 6.07) is 10.6. The van der Waals surface area contributed by atoms with Crippen molar-refractivity contribution in [3.8, 4) is 11.3 Å². The number of non-ortho nitro benzene ring substituents is 1. The SMILES string of the molecule is CCCNC(C)Cc1ccc(-c2ccc([N+](=O)[O-])cc2)o1. The van der Waals surface area contributed by atoms with E-state index in [2.05, 4.69) is 19.2 Å². The molecule has 1 aromatic heterocycles. The van der Waals surface area contributed by atoms with Crippen LogP contribution >= 0.6 is 0 Å². The molecule has 2 rings (SSSR count). The fourth-order valence-corrected chi connectivity index (χ4v) is 2.15. The highest BCUT2D eigenvalue weighted by atomic mass is 16.6. The predicted molar refractivity (Wildman–Crippen MR) is 82.3 cm³/mol. The van der Waals surface area contributed by atoms with Crippen molar-refractivity contribution in [2.45, 2.75) is 32.7 Å². The third kappa shape index (κ3) is 4.16. The normalized spacial score (nSPS) is 12.3. The Morgan fingerprint density at radius 3 is 2.57 bits per heavy atom. The first-order valence-electron chi connectivity index (χ1n) is 7.17. The molecule has 21 heavy (non-hydrogen) atoms. The van der Waals surface area contributed by atoms with Crippen LogP contribution in [-0.4, -0.2) is 17.5 Å². The number of hydrogen-bond donors (Lipinski definition) is 1. The Hall–Kier alpha value is -2.14. The molecular formula is C16H20N2O3. The van der Waals surface area contributed by atoms with Gasteiger partial charge in [-0.15, -0.1) is 0 Å². The summed E-state index contributed by atoms with van der Waals surface area (Å²) in [5.41, 5.74) is 0.934. The van der Waals surface area contributed by atoms with Crippen LogP contribution in [0.1, 0.15) is 26.0 Å². The summed E-state index contributed by atoms with van der Waals surface area (Å²) >= 11 is 0. The first-order chi connectivity index (χ1) is 10.1. The standard InChI is InChI=1S/C16H20N2O3/c1-3-10-17-12(2)11-15-8-9-16(21-15)13-4-6-14(7-5-13)18(19)20/h4-9,12,17H,3,10-11H2,1-2H3. The second kappa shape index (κ2) is 7.04. The number of furan rings is 1. The zero-order valence-electron chi connectivity index (χ0n) is 12.3. The molecule has 2 aromatic rings. The highest BCUT2D eigenvalue weighted by Crippen LogP contribution is 2.24. The number of hydrogen-bond acceptors (Lipinski definition) is 4. The second-order valence-electron chi connectivity index (χ2n) is 5.13. The number of nitro benzene ring substituents is 1. The van der Waals surface area contributed by atoms with Crippen molar-refractivity contribution in [2.75, 3.05) is 6.54 Å². The summed E-state index contributed by atoms with van der Waals surface area (Å²) in [6.45, 7) is 5.26. The van der Waals surface area contributed by atoms with Gasteiger partial charge in [-0.2, -0.15) is 0 Å². The van der Waals surface area contributed by atoms with Crippen LogP contribution in [0.3, 0.4) is 0 Å². The van der Waals surface area contributed by atoms with Crippen LogP contribution in [0.15, 0.2) is 40.8 Å². The molecule has 1 aromatic carbocycles. The average Bonchev–Trinajstić information content (AvgIpc) is 2.93. The molecule has 0 amide bonds. The molecule has 0 aliphatic heterocycles. The van der Waals surface area contributed by atoms with Gasteiger partial charge in [-0.1, -0.05) is 6.92 Å². The van der Waals surface area contributed by atoms with Crippen molar-refractivity contribution in [1.82, 2.24) is 5.32 Å². The maximum Gasteiger partial charge on any atom is 0.269 e. The molecular weight excluding hydrogens is 268 g/mol. The number of nitrogens with zero attached hydrogens (tertiary/aromatic N) is 1. The maximum atomic E-state index is 10.6. The predicted octanol–water partition coefficient (Wildman–Crippen LogP) is 3.79. The number of rotatable bonds is 7. The van der Waals surface area contributed by atoms with Gasteiger partial charge in [-0.25, -0.2) is 0 Å². The second-order valence-corrected chi connectivity index (χ2v) is 5.13. The highest BCUT2D eigenvalue weighted by Gasteiger charge is 2.10. The molecule has 5 nitrogen and oxygen atoms in total. The molecule has 0 saturated heterocycles. The number of nitro groups is 1. The molecule has 0 saturated carbocycles. The smallest absolute Gasteiger partial charge is 0.269 e. The van der Waals surface area contributed by atoms with Gasteiger partial charge in [0.15, 0.2) is 0 Å². The van der Waals surface area contributed by atoms with E-state index in [1.807, 2.05) is 12.1 Å². The zero-order chi connectivity index (χ0) is 15.2. The van der Waals surface area contributed by atoms with E-state index in [9.17, 15) is 10.1 Å². The minimum Gasteiger partial charge on any atom is -0.461 e. The van der Waals surface area contributed by atoms with Crippen LogP contribution in [-0.2, 0) is 6.42 Å². The van der Waals surface area contributed by atoms with Crippen LogP contribution < -0.4 is 5.32 Å². The van der Waals surface area contributed by atoms with E-state index >= 15 is 0 Å². The van der Waals surface area contributed by atoms with Gasteiger partial charge in [0.25, 0.3) is 5.69 Å². The molecule has 0 fully saturated rings. The van der Waals surface area contributed by atoms with Crippen molar-refractivity contribution in [2.24, 2.45) is 0 Å². The Morgan fingerprint density at radius 1 is 1.24 bits per heavy atom. The van der Waals surface area contributed by atoms with Crippen molar-refractivity contribution in [1.29, 1.82) is 0 Å². The Balaban J connectivity index is 2.03. The monoisotopic (exact) mass is 288 g/mol. The third-order valence-electron chi connectivity index (χ3n) is 3.27. The molecule has 0 aliphatic carbocycles. The van der Waals surface area contributed by atoms with Gasteiger partial charge in [-0.3, -0.25) is 10.1 Å². The Bertz CT molecular complexity index is 590. The summed E-state index contributed by atoms with van der Waals surface area (Å²) in [5, 5.41) is 14.1. The summed E-state index contributed by atoms with van der Waals surface area (Å²) in [7, 11) is 0. The summed E-state index contributed by atoms with van der Waals surface area (Å²) < 4.78 is 5.81. The highest BCUT2D eigenvalue weighted by molar-refractivity contribution is 5.59. The summed E-state index contributed by atoms with van der Waals surface area (Å²) in [5.74, 6) is 1.65. The lowest BCUT2D eigenvalue weighted by molar-refractivity contribution is -0.384. The molecule has 112 valence electrons. The van der Waals surface area contributed by atoms with E-state index < -0.39 is 4.92 Å². The van der Waals surface area contributed by atoms with Crippen LogP contribution in [0.2, 0.25) is 0 Å². The molecule has 1 atom stereocenters. The van der Waals surface area contributed by atoms with Crippen LogP contribution in [0.5, 0.6) is 0 Å². The molecule has 1 unspecified atom stereocenters. The minimum absolute atomic E-state index is 0.0860. The van der Waals surface area contributed by atoms with Crippen molar-refractivity contribution < 1.29 is 9.34 Å². The van der Waals surface area contributed by atoms with Crippen molar-refractivity contribution in [3.63, 3.8) is 0 Å². The Labute approximate surface area is 124 Å².